The van der Waals surface area contributed by atoms with E-state index in [2.05, 4.69) is 36.2 Å². The van der Waals surface area contributed by atoms with E-state index in [1.807, 2.05) is 0 Å². The van der Waals surface area contributed by atoms with Gasteiger partial charge in [-0.3, -0.25) is 4.79 Å². The van der Waals surface area contributed by atoms with Crippen LogP contribution in [0.25, 0.3) is 11.2 Å². The number of fused-ring (bicyclic) bond motifs is 1. The maximum absolute atomic E-state index is 12.0. The Kier molecular flexibility index (Phi) is 3.24. The number of aromatic amines is 1. The molecule has 0 aliphatic heterocycles. The van der Waals surface area contributed by atoms with Gasteiger partial charge in [-0.05, 0) is 22.0 Å². The molecule has 0 aromatic carbocycles. The number of rotatable bonds is 2. The van der Waals surface area contributed by atoms with Crippen LogP contribution < -0.4 is 10.9 Å². The summed E-state index contributed by atoms with van der Waals surface area (Å²) in [5.41, 5.74) is 0.0687. The highest BCUT2D eigenvalue weighted by Gasteiger charge is 2.26. The van der Waals surface area contributed by atoms with E-state index in [1.165, 1.54) is 12.3 Å². The Morgan fingerprint density at radius 3 is 2.83 bits per heavy atom. The van der Waals surface area contributed by atoms with Gasteiger partial charge >= 0.3 is 6.18 Å². The standard InChI is InChI=1S/C9H6BrF3N4O/c10-4-1-5-7(17-8(4)18)16-6(2-14-5)15-3-9(11,12)13/h1-2H,3H2,(H2,15,16,17,18). The molecule has 0 radical (unpaired) electrons. The van der Waals surface area contributed by atoms with E-state index >= 15 is 0 Å². The molecule has 0 unspecified atom stereocenters. The second kappa shape index (κ2) is 4.56. The Balaban J connectivity index is 2.33. The minimum absolute atomic E-state index is 0.0576. The Hall–Kier alpha value is -1.64. The number of hydrogen-bond donors (Lipinski definition) is 2. The fraction of sp³-hybridized carbons (Fsp3) is 0.222. The summed E-state index contributed by atoms with van der Waals surface area (Å²) in [5.74, 6) is -0.0576. The van der Waals surface area contributed by atoms with Gasteiger partial charge in [-0.1, -0.05) is 0 Å². The van der Waals surface area contributed by atoms with Gasteiger partial charge in [0.25, 0.3) is 5.56 Å². The molecular weight excluding hydrogens is 317 g/mol. The Bertz CT molecular complexity index is 640. The number of pyridine rings is 1. The molecule has 0 aliphatic carbocycles. The minimum atomic E-state index is -4.34. The molecule has 2 N–H and O–H groups in total. The first-order chi connectivity index (χ1) is 8.35. The Morgan fingerprint density at radius 1 is 1.44 bits per heavy atom. The van der Waals surface area contributed by atoms with Crippen molar-refractivity contribution in [3.05, 3.63) is 27.1 Å². The van der Waals surface area contributed by atoms with Crippen LogP contribution in [-0.2, 0) is 0 Å². The van der Waals surface area contributed by atoms with E-state index in [0.29, 0.717) is 5.52 Å². The van der Waals surface area contributed by atoms with E-state index in [-0.39, 0.29) is 15.9 Å². The molecule has 0 spiro atoms. The van der Waals surface area contributed by atoms with Crippen molar-refractivity contribution in [3.8, 4) is 0 Å². The van der Waals surface area contributed by atoms with Gasteiger partial charge in [0.1, 0.15) is 17.9 Å². The molecule has 0 saturated carbocycles. The first-order valence-electron chi connectivity index (χ1n) is 4.71. The molecule has 2 heterocycles. The van der Waals surface area contributed by atoms with E-state index in [9.17, 15) is 18.0 Å². The lowest BCUT2D eigenvalue weighted by atomic mass is 10.4. The summed E-state index contributed by atoms with van der Waals surface area (Å²) in [4.78, 5) is 21.4. The van der Waals surface area contributed by atoms with E-state index in [4.69, 9.17) is 0 Å². The molecule has 2 aromatic heterocycles. The number of hydrogen-bond acceptors (Lipinski definition) is 4. The molecular formula is C9H6BrF3N4O. The van der Waals surface area contributed by atoms with Crippen LogP contribution in [0.5, 0.6) is 0 Å². The number of nitrogens with one attached hydrogen (secondary N) is 2. The van der Waals surface area contributed by atoms with Crippen LogP contribution >= 0.6 is 15.9 Å². The third-order valence-electron chi connectivity index (χ3n) is 1.98. The lowest BCUT2D eigenvalue weighted by Gasteiger charge is -2.08. The molecule has 18 heavy (non-hydrogen) atoms. The summed E-state index contributed by atoms with van der Waals surface area (Å²) in [6, 6.07) is 1.44. The maximum atomic E-state index is 12.0. The average molecular weight is 323 g/mol. The molecule has 0 bridgehead atoms. The molecule has 0 saturated heterocycles. The first-order valence-corrected chi connectivity index (χ1v) is 5.51. The van der Waals surface area contributed by atoms with Crippen molar-refractivity contribution in [2.75, 3.05) is 11.9 Å². The molecule has 0 aliphatic rings. The van der Waals surface area contributed by atoms with Gasteiger partial charge < -0.3 is 10.3 Å². The topological polar surface area (TPSA) is 70.7 Å². The van der Waals surface area contributed by atoms with Crippen molar-refractivity contribution in [2.24, 2.45) is 0 Å². The normalized spacial score (nSPS) is 11.8. The van der Waals surface area contributed by atoms with Crippen molar-refractivity contribution < 1.29 is 13.2 Å². The summed E-state index contributed by atoms with van der Waals surface area (Å²) >= 11 is 3.02. The van der Waals surface area contributed by atoms with Crippen molar-refractivity contribution in [3.63, 3.8) is 0 Å². The Morgan fingerprint density at radius 2 is 2.17 bits per heavy atom. The van der Waals surface area contributed by atoms with Crippen molar-refractivity contribution >= 4 is 32.9 Å². The fourth-order valence-electron chi connectivity index (χ4n) is 1.22. The summed E-state index contributed by atoms with van der Waals surface area (Å²) < 4.78 is 36.3. The fourth-order valence-corrected chi connectivity index (χ4v) is 1.54. The number of H-pyrrole nitrogens is 1. The van der Waals surface area contributed by atoms with Crippen molar-refractivity contribution in [2.45, 2.75) is 6.18 Å². The molecule has 0 fully saturated rings. The predicted molar refractivity (Wildman–Crippen MR) is 62.4 cm³/mol. The van der Waals surface area contributed by atoms with Gasteiger partial charge in [0.2, 0.25) is 0 Å². The number of halogens is 4. The highest BCUT2D eigenvalue weighted by molar-refractivity contribution is 9.10. The highest BCUT2D eigenvalue weighted by Crippen LogP contribution is 2.16. The van der Waals surface area contributed by atoms with Gasteiger partial charge in [0, 0.05) is 0 Å². The number of nitrogens with zero attached hydrogens (tertiary/aromatic N) is 2. The number of alkyl halides is 3. The maximum Gasteiger partial charge on any atom is 0.405 e. The Labute approximate surface area is 107 Å². The van der Waals surface area contributed by atoms with E-state index < -0.39 is 18.3 Å². The van der Waals surface area contributed by atoms with Gasteiger partial charge in [-0.2, -0.15) is 13.2 Å². The third kappa shape index (κ3) is 2.97. The largest absolute Gasteiger partial charge is 0.405 e. The number of aromatic nitrogens is 3. The SMILES string of the molecule is O=c1[nH]c2nc(NCC(F)(F)F)cnc2cc1Br. The van der Waals surface area contributed by atoms with Crippen molar-refractivity contribution in [1.29, 1.82) is 0 Å². The smallest absolute Gasteiger partial charge is 0.360 e. The lowest BCUT2D eigenvalue weighted by molar-refractivity contribution is -0.115. The monoisotopic (exact) mass is 322 g/mol. The first kappa shape index (κ1) is 12.8. The average Bonchev–Trinajstić information content (AvgIpc) is 2.27. The second-order valence-electron chi connectivity index (χ2n) is 3.40. The van der Waals surface area contributed by atoms with Gasteiger partial charge in [0.15, 0.2) is 5.65 Å². The molecule has 0 amide bonds. The summed E-state index contributed by atoms with van der Waals surface area (Å²) in [5, 5.41) is 2.08. The number of anilines is 1. The molecule has 2 rings (SSSR count). The van der Waals surface area contributed by atoms with Crippen molar-refractivity contribution in [1.82, 2.24) is 15.0 Å². The highest BCUT2D eigenvalue weighted by atomic mass is 79.9. The second-order valence-corrected chi connectivity index (χ2v) is 4.26. The zero-order valence-corrected chi connectivity index (χ0v) is 10.3. The molecule has 2 aromatic rings. The van der Waals surface area contributed by atoms with Gasteiger partial charge in [-0.15, -0.1) is 0 Å². The van der Waals surface area contributed by atoms with Crippen LogP contribution in [-0.4, -0.2) is 27.7 Å². The summed E-state index contributed by atoms with van der Waals surface area (Å²) in [7, 11) is 0. The molecule has 9 heteroatoms. The molecule has 0 atom stereocenters. The molecule has 5 nitrogen and oxygen atoms in total. The third-order valence-corrected chi connectivity index (χ3v) is 2.57. The van der Waals surface area contributed by atoms with Crippen LogP contribution in [0.2, 0.25) is 0 Å². The summed E-state index contributed by atoms with van der Waals surface area (Å²) in [6.07, 6.45) is -3.18. The van der Waals surface area contributed by atoms with Crippen LogP contribution in [0, 0.1) is 0 Å². The zero-order chi connectivity index (χ0) is 13.3. The van der Waals surface area contributed by atoms with Crippen LogP contribution in [0.15, 0.2) is 21.5 Å². The summed E-state index contributed by atoms with van der Waals surface area (Å²) in [6.45, 7) is -1.21. The van der Waals surface area contributed by atoms with Crippen LogP contribution in [0.3, 0.4) is 0 Å². The predicted octanol–water partition coefficient (Wildman–Crippen LogP) is 2.05. The van der Waals surface area contributed by atoms with E-state index in [1.54, 1.807) is 0 Å². The van der Waals surface area contributed by atoms with Crippen LogP contribution in [0.1, 0.15) is 0 Å². The zero-order valence-electron chi connectivity index (χ0n) is 8.68. The minimum Gasteiger partial charge on any atom is -0.360 e. The van der Waals surface area contributed by atoms with E-state index in [0.717, 1.165) is 0 Å². The van der Waals surface area contributed by atoms with Crippen LogP contribution in [0.4, 0.5) is 19.0 Å². The van der Waals surface area contributed by atoms with Gasteiger partial charge in [0.05, 0.1) is 10.7 Å². The quantitative estimate of drug-likeness (QED) is 0.887. The molecule has 96 valence electrons. The van der Waals surface area contributed by atoms with Gasteiger partial charge in [-0.25, -0.2) is 9.97 Å². The lowest BCUT2D eigenvalue weighted by Crippen LogP contribution is -2.22.